The minimum absolute atomic E-state index is 0.263. The molecule has 16 heavy (non-hydrogen) atoms. The van der Waals surface area contributed by atoms with Crippen LogP contribution in [-0.4, -0.2) is 40.3 Å². The Morgan fingerprint density at radius 2 is 2.31 bits per heavy atom. The summed E-state index contributed by atoms with van der Waals surface area (Å²) in [6, 6.07) is -0.832. The summed E-state index contributed by atoms with van der Waals surface area (Å²) in [7, 11) is 0. The molecule has 1 fully saturated rings. The van der Waals surface area contributed by atoms with Crippen molar-refractivity contribution in [3.05, 3.63) is 0 Å². The van der Waals surface area contributed by atoms with Crippen LogP contribution in [0.4, 0.5) is 0 Å². The van der Waals surface area contributed by atoms with Gasteiger partial charge in [-0.1, -0.05) is 0 Å². The van der Waals surface area contributed by atoms with E-state index in [0.717, 1.165) is 25.2 Å². The highest BCUT2D eigenvalue weighted by Crippen LogP contribution is 2.30. The van der Waals surface area contributed by atoms with E-state index in [1.54, 1.807) is 11.8 Å². The molecule has 94 valence electrons. The molecule has 0 aliphatic carbocycles. The Bertz CT molecular complexity index is 239. The molecule has 0 aromatic rings. The summed E-state index contributed by atoms with van der Waals surface area (Å²) in [5, 5.41) is 8.89. The lowest BCUT2D eigenvalue weighted by Gasteiger charge is -2.31. The summed E-state index contributed by atoms with van der Waals surface area (Å²) < 4.78 is 5.15. The molecule has 1 aliphatic rings. The van der Waals surface area contributed by atoms with Gasteiger partial charge in [-0.05, 0) is 33.1 Å². The number of thioether (sulfide) groups is 1. The van der Waals surface area contributed by atoms with Gasteiger partial charge < -0.3 is 15.6 Å². The number of nitrogens with two attached hydrogens (primary N) is 1. The van der Waals surface area contributed by atoms with Crippen LogP contribution in [0.15, 0.2) is 0 Å². The fraction of sp³-hybridized carbons (Fsp3) is 0.909. The van der Waals surface area contributed by atoms with Crippen molar-refractivity contribution in [2.75, 3.05) is 12.4 Å². The lowest BCUT2D eigenvalue weighted by Crippen LogP contribution is -2.47. The Morgan fingerprint density at radius 3 is 2.81 bits per heavy atom. The highest BCUT2D eigenvalue weighted by Gasteiger charge is 2.33. The molecule has 0 aromatic carbocycles. The second-order valence-electron chi connectivity index (χ2n) is 4.72. The van der Waals surface area contributed by atoms with Gasteiger partial charge in [-0.2, -0.15) is 11.8 Å². The monoisotopic (exact) mass is 247 g/mol. The van der Waals surface area contributed by atoms with Gasteiger partial charge in [0.25, 0.3) is 0 Å². The van der Waals surface area contributed by atoms with Gasteiger partial charge in [0.05, 0.1) is 6.10 Å². The van der Waals surface area contributed by atoms with E-state index >= 15 is 0 Å². The Balaban J connectivity index is 2.37. The Labute approximate surface area is 101 Å². The normalized spacial score (nSPS) is 24.1. The predicted octanol–water partition coefficient (Wildman–Crippen LogP) is 1.48. The number of aliphatic carboxylic acids is 1. The van der Waals surface area contributed by atoms with Crippen LogP contribution in [0.5, 0.6) is 0 Å². The van der Waals surface area contributed by atoms with E-state index in [0.29, 0.717) is 0 Å². The first kappa shape index (κ1) is 13.8. The zero-order valence-corrected chi connectivity index (χ0v) is 10.8. The lowest BCUT2D eigenvalue weighted by atomic mass is 10.1. The number of carboxylic acids is 1. The summed E-state index contributed by atoms with van der Waals surface area (Å²) in [6.45, 7) is 4.58. The van der Waals surface area contributed by atoms with Crippen molar-refractivity contribution >= 4 is 17.7 Å². The lowest BCUT2D eigenvalue weighted by molar-refractivity contribution is -0.139. The quantitative estimate of drug-likeness (QED) is 0.770. The average molecular weight is 247 g/mol. The highest BCUT2D eigenvalue weighted by molar-refractivity contribution is 8.00. The third-order valence-electron chi connectivity index (χ3n) is 2.93. The van der Waals surface area contributed by atoms with E-state index in [1.807, 2.05) is 13.8 Å². The number of carboxylic acid groups (broad SMARTS) is 1. The number of hydrogen-bond donors (Lipinski definition) is 2. The molecule has 0 bridgehead atoms. The van der Waals surface area contributed by atoms with Gasteiger partial charge in [-0.15, -0.1) is 0 Å². The molecule has 1 saturated heterocycles. The van der Waals surface area contributed by atoms with E-state index in [-0.39, 0.29) is 6.10 Å². The van der Waals surface area contributed by atoms with Gasteiger partial charge in [0.2, 0.25) is 0 Å². The van der Waals surface area contributed by atoms with Crippen molar-refractivity contribution in [1.29, 1.82) is 0 Å². The van der Waals surface area contributed by atoms with Gasteiger partial charge >= 0.3 is 5.97 Å². The van der Waals surface area contributed by atoms with Crippen LogP contribution < -0.4 is 5.73 Å². The molecule has 0 aromatic heterocycles. The zero-order chi connectivity index (χ0) is 12.2. The molecule has 2 atom stereocenters. The van der Waals surface area contributed by atoms with Crippen molar-refractivity contribution in [1.82, 2.24) is 0 Å². The molecule has 0 spiro atoms. The average Bonchev–Trinajstić information content (AvgIpc) is 2.27. The minimum atomic E-state index is -0.943. The molecule has 1 rings (SSSR count). The van der Waals surface area contributed by atoms with Crippen molar-refractivity contribution < 1.29 is 14.6 Å². The molecule has 3 N–H and O–H groups in total. The Morgan fingerprint density at radius 1 is 1.62 bits per heavy atom. The zero-order valence-electron chi connectivity index (χ0n) is 9.94. The van der Waals surface area contributed by atoms with Crippen LogP contribution in [0.1, 0.15) is 33.1 Å². The molecule has 1 heterocycles. The van der Waals surface area contributed by atoms with Crippen LogP contribution in [0.25, 0.3) is 0 Å². The minimum Gasteiger partial charge on any atom is -0.480 e. The standard InChI is InChI=1S/C11H21NO3S/c1-11(2,9(12)10(13)14)16-7-8-5-3-4-6-15-8/h8-9H,3-7,12H2,1-2H3,(H,13,14)/t8?,9-/m1/s1. The SMILES string of the molecule is CC(C)(SCC1CCCCO1)[C@H](N)C(=O)O. The predicted molar refractivity (Wildman–Crippen MR) is 65.7 cm³/mol. The maximum atomic E-state index is 10.8. The van der Waals surface area contributed by atoms with Crippen LogP contribution in [0.3, 0.4) is 0 Å². The summed E-state index contributed by atoms with van der Waals surface area (Å²) in [5.74, 6) is -0.115. The first-order chi connectivity index (χ1) is 7.43. The van der Waals surface area contributed by atoms with Crippen molar-refractivity contribution in [2.45, 2.75) is 50.0 Å². The Kier molecular flexibility index (Phi) is 5.08. The number of hydrogen-bond acceptors (Lipinski definition) is 4. The second kappa shape index (κ2) is 5.89. The van der Waals surface area contributed by atoms with E-state index in [1.165, 1.54) is 6.42 Å². The summed E-state index contributed by atoms with van der Waals surface area (Å²) in [6.07, 6.45) is 3.68. The van der Waals surface area contributed by atoms with Crippen LogP contribution in [-0.2, 0) is 9.53 Å². The second-order valence-corrected chi connectivity index (χ2v) is 6.39. The molecule has 0 amide bonds. The van der Waals surface area contributed by atoms with E-state index < -0.39 is 16.8 Å². The van der Waals surface area contributed by atoms with E-state index in [9.17, 15) is 4.79 Å². The third-order valence-corrected chi connectivity index (χ3v) is 4.47. The fourth-order valence-electron chi connectivity index (χ4n) is 1.63. The largest absolute Gasteiger partial charge is 0.480 e. The van der Waals surface area contributed by atoms with E-state index in [2.05, 4.69) is 0 Å². The van der Waals surface area contributed by atoms with Gasteiger partial charge in [-0.3, -0.25) is 4.79 Å². The van der Waals surface area contributed by atoms with Crippen LogP contribution >= 0.6 is 11.8 Å². The van der Waals surface area contributed by atoms with Gasteiger partial charge in [0, 0.05) is 17.1 Å². The molecule has 1 unspecified atom stereocenters. The molecular weight excluding hydrogens is 226 g/mol. The van der Waals surface area contributed by atoms with E-state index in [4.69, 9.17) is 15.6 Å². The molecule has 1 aliphatic heterocycles. The van der Waals surface area contributed by atoms with Crippen molar-refractivity contribution in [3.63, 3.8) is 0 Å². The van der Waals surface area contributed by atoms with Crippen molar-refractivity contribution in [3.8, 4) is 0 Å². The van der Waals surface area contributed by atoms with Gasteiger partial charge in [0.15, 0.2) is 0 Å². The molecule has 4 nitrogen and oxygen atoms in total. The summed E-state index contributed by atoms with van der Waals surface area (Å²) in [5.41, 5.74) is 5.65. The smallest absolute Gasteiger partial charge is 0.321 e. The van der Waals surface area contributed by atoms with Crippen LogP contribution in [0, 0.1) is 0 Å². The summed E-state index contributed by atoms with van der Waals surface area (Å²) >= 11 is 1.59. The number of rotatable bonds is 5. The molecule has 0 saturated carbocycles. The Hall–Kier alpha value is -0.260. The van der Waals surface area contributed by atoms with Crippen molar-refractivity contribution in [2.24, 2.45) is 5.73 Å². The molecule has 5 heteroatoms. The number of carbonyl (C=O) groups is 1. The van der Waals surface area contributed by atoms with Gasteiger partial charge in [-0.25, -0.2) is 0 Å². The fourth-order valence-corrected chi connectivity index (χ4v) is 2.79. The van der Waals surface area contributed by atoms with Crippen LogP contribution in [0.2, 0.25) is 0 Å². The first-order valence-corrected chi connectivity index (χ1v) is 6.66. The topological polar surface area (TPSA) is 72.5 Å². The third kappa shape index (κ3) is 3.96. The number of ether oxygens (including phenoxy) is 1. The molecule has 0 radical (unpaired) electrons. The maximum absolute atomic E-state index is 10.8. The van der Waals surface area contributed by atoms with Gasteiger partial charge in [0.1, 0.15) is 6.04 Å². The molecular formula is C11H21NO3S. The maximum Gasteiger partial charge on any atom is 0.321 e. The first-order valence-electron chi connectivity index (χ1n) is 5.67. The highest BCUT2D eigenvalue weighted by atomic mass is 32.2. The summed E-state index contributed by atoms with van der Waals surface area (Å²) in [4.78, 5) is 10.8.